The minimum atomic E-state index is -0.971. The minimum absolute atomic E-state index is 0.133. The zero-order valence-electron chi connectivity index (χ0n) is 20.5. The lowest BCUT2D eigenvalue weighted by Crippen LogP contribution is -2.49. The standard InChI is InChI=1S/C26H31N5O5/c1-15(32)18-10-9-17(19(14-18)23(27)28)11-12-29-24(33)21-22(36-21)25(34)30-20(26(35)31(2)3)13-16-7-5-4-6-8-16/h4-10,14,20-22H,11-13H2,1-3H3,(H3,27,28)(H,29,33)(H,30,34)/t20-,21-,22-/m0/s1. The number of carbonyl (C=O) groups excluding carboxylic acids is 4. The SMILES string of the molecule is CC(=O)c1ccc(CCNC(=O)[C@H]2O[C@@H]2C(=O)N[C@@H](Cc2ccccc2)C(=O)N(C)C)c(C(=N)N)c1. The fourth-order valence-electron chi connectivity index (χ4n) is 3.81. The summed E-state index contributed by atoms with van der Waals surface area (Å²) < 4.78 is 5.30. The summed E-state index contributed by atoms with van der Waals surface area (Å²) in [5.41, 5.74) is 8.14. The van der Waals surface area contributed by atoms with Gasteiger partial charge in [0.25, 0.3) is 11.8 Å². The molecule has 1 heterocycles. The maximum atomic E-state index is 12.7. The second-order valence-electron chi connectivity index (χ2n) is 8.84. The van der Waals surface area contributed by atoms with Crippen LogP contribution in [0.1, 0.15) is 34.0 Å². The molecular weight excluding hydrogens is 462 g/mol. The maximum Gasteiger partial charge on any atom is 0.253 e. The first-order valence-electron chi connectivity index (χ1n) is 11.6. The van der Waals surface area contributed by atoms with Crippen LogP contribution in [0.15, 0.2) is 48.5 Å². The Morgan fingerprint density at radius 3 is 2.33 bits per heavy atom. The van der Waals surface area contributed by atoms with Crippen LogP contribution in [0, 0.1) is 5.41 Å². The Hall–Kier alpha value is -4.05. The Morgan fingerprint density at radius 1 is 1.06 bits per heavy atom. The van der Waals surface area contributed by atoms with Gasteiger partial charge in [-0.2, -0.15) is 0 Å². The van der Waals surface area contributed by atoms with Gasteiger partial charge in [0.05, 0.1) is 0 Å². The fraction of sp³-hybridized carbons (Fsp3) is 0.346. The first-order chi connectivity index (χ1) is 17.1. The fourth-order valence-corrected chi connectivity index (χ4v) is 3.81. The molecule has 1 fully saturated rings. The van der Waals surface area contributed by atoms with Gasteiger partial charge in [0.2, 0.25) is 5.91 Å². The summed E-state index contributed by atoms with van der Waals surface area (Å²) in [6.45, 7) is 1.66. The van der Waals surface area contributed by atoms with Gasteiger partial charge in [-0.1, -0.05) is 42.5 Å². The molecule has 0 saturated carbocycles. The zero-order chi connectivity index (χ0) is 26.4. The largest absolute Gasteiger partial charge is 0.384 e. The number of Topliss-reactive ketones (excluding diaryl/α,β-unsaturated/α-hetero) is 1. The Balaban J connectivity index is 1.54. The van der Waals surface area contributed by atoms with Crippen LogP contribution in [0.2, 0.25) is 0 Å². The molecule has 1 aliphatic rings. The van der Waals surface area contributed by atoms with Gasteiger partial charge >= 0.3 is 0 Å². The average molecular weight is 494 g/mol. The van der Waals surface area contributed by atoms with Crippen molar-refractivity contribution in [2.75, 3.05) is 20.6 Å². The number of nitrogens with zero attached hydrogens (tertiary/aromatic N) is 1. The molecule has 3 rings (SSSR count). The molecule has 2 aromatic carbocycles. The highest BCUT2D eigenvalue weighted by Gasteiger charge is 2.50. The van der Waals surface area contributed by atoms with Crippen LogP contribution in [0.25, 0.3) is 0 Å². The van der Waals surface area contributed by atoms with Crippen molar-refractivity contribution in [1.82, 2.24) is 15.5 Å². The lowest BCUT2D eigenvalue weighted by atomic mass is 9.99. The minimum Gasteiger partial charge on any atom is -0.384 e. The van der Waals surface area contributed by atoms with E-state index >= 15 is 0 Å². The van der Waals surface area contributed by atoms with E-state index in [0.717, 1.165) is 5.56 Å². The molecule has 36 heavy (non-hydrogen) atoms. The molecule has 0 bridgehead atoms. The van der Waals surface area contributed by atoms with E-state index < -0.39 is 30.1 Å². The van der Waals surface area contributed by atoms with E-state index in [1.165, 1.54) is 11.8 Å². The van der Waals surface area contributed by atoms with E-state index in [1.54, 1.807) is 32.3 Å². The summed E-state index contributed by atoms with van der Waals surface area (Å²) in [5.74, 6) is -1.53. The number of carbonyl (C=O) groups is 4. The van der Waals surface area contributed by atoms with Crippen LogP contribution >= 0.6 is 0 Å². The van der Waals surface area contributed by atoms with Crippen molar-refractivity contribution in [3.05, 3.63) is 70.8 Å². The number of nitrogen functional groups attached to an aromatic ring is 1. The van der Waals surface area contributed by atoms with E-state index in [1.807, 2.05) is 30.3 Å². The molecule has 1 aliphatic heterocycles. The van der Waals surface area contributed by atoms with Gasteiger partial charge in [-0.25, -0.2) is 0 Å². The highest BCUT2D eigenvalue weighted by molar-refractivity contribution is 6.01. The number of benzene rings is 2. The molecule has 5 N–H and O–H groups in total. The Kier molecular flexibility index (Phi) is 8.55. The van der Waals surface area contributed by atoms with Gasteiger partial charge < -0.3 is 26.0 Å². The summed E-state index contributed by atoms with van der Waals surface area (Å²) in [4.78, 5) is 50.8. The third kappa shape index (κ3) is 6.76. The van der Waals surface area contributed by atoms with Crippen LogP contribution in [-0.2, 0) is 32.0 Å². The molecule has 0 aliphatic carbocycles. The monoisotopic (exact) mass is 493 g/mol. The van der Waals surface area contributed by atoms with Gasteiger partial charge in [-0.05, 0) is 30.5 Å². The number of ether oxygens (including phenoxy) is 1. The molecule has 0 spiro atoms. The van der Waals surface area contributed by atoms with Gasteiger partial charge in [0.1, 0.15) is 11.9 Å². The van der Waals surface area contributed by atoms with E-state index in [-0.39, 0.29) is 24.1 Å². The molecule has 3 amide bonds. The molecule has 0 aromatic heterocycles. The normalized spacial score (nSPS) is 17.0. The van der Waals surface area contributed by atoms with Crippen LogP contribution in [0.4, 0.5) is 0 Å². The summed E-state index contributed by atoms with van der Waals surface area (Å²) in [6, 6.07) is 13.5. The number of nitrogens with two attached hydrogens (primary N) is 1. The molecule has 10 nitrogen and oxygen atoms in total. The molecule has 190 valence electrons. The quantitative estimate of drug-likeness (QED) is 0.154. The Bertz CT molecular complexity index is 1160. The van der Waals surface area contributed by atoms with Crippen molar-refractivity contribution >= 4 is 29.3 Å². The van der Waals surface area contributed by atoms with E-state index in [9.17, 15) is 19.2 Å². The number of epoxide rings is 1. The van der Waals surface area contributed by atoms with Crippen molar-refractivity contribution in [2.45, 2.75) is 38.0 Å². The smallest absolute Gasteiger partial charge is 0.253 e. The molecule has 0 radical (unpaired) electrons. The number of nitrogens with one attached hydrogen (secondary N) is 3. The second kappa shape index (κ2) is 11.6. The number of ketones is 1. The summed E-state index contributed by atoms with van der Waals surface area (Å²) in [5, 5.41) is 13.2. The van der Waals surface area contributed by atoms with E-state index in [2.05, 4.69) is 10.6 Å². The first-order valence-corrected chi connectivity index (χ1v) is 11.6. The van der Waals surface area contributed by atoms with Gasteiger partial charge in [0.15, 0.2) is 18.0 Å². The number of hydrogen-bond donors (Lipinski definition) is 4. The number of likely N-dealkylation sites (N-methyl/N-ethyl adjacent to an activating group) is 1. The number of amidine groups is 1. The maximum absolute atomic E-state index is 12.7. The number of amides is 3. The van der Waals surface area contributed by atoms with E-state index in [4.69, 9.17) is 15.9 Å². The Labute approximate surface area is 209 Å². The number of rotatable bonds is 11. The van der Waals surface area contributed by atoms with Crippen molar-refractivity contribution in [3.8, 4) is 0 Å². The van der Waals surface area contributed by atoms with Gasteiger partial charge in [0, 0.05) is 38.2 Å². The lowest BCUT2D eigenvalue weighted by Gasteiger charge is -2.21. The van der Waals surface area contributed by atoms with Crippen LogP contribution in [-0.4, -0.2) is 73.1 Å². The van der Waals surface area contributed by atoms with E-state index in [0.29, 0.717) is 29.5 Å². The number of hydrogen-bond acceptors (Lipinski definition) is 6. The Morgan fingerprint density at radius 2 is 1.72 bits per heavy atom. The average Bonchev–Trinajstić information content (AvgIpc) is 3.65. The predicted molar refractivity (Wildman–Crippen MR) is 134 cm³/mol. The van der Waals surface area contributed by atoms with Crippen molar-refractivity contribution < 1.29 is 23.9 Å². The molecule has 1 saturated heterocycles. The van der Waals surface area contributed by atoms with Crippen molar-refractivity contribution in [2.24, 2.45) is 5.73 Å². The molecule has 10 heteroatoms. The third-order valence-corrected chi connectivity index (χ3v) is 5.85. The summed E-state index contributed by atoms with van der Waals surface area (Å²) in [6.07, 6.45) is -1.22. The summed E-state index contributed by atoms with van der Waals surface area (Å²) in [7, 11) is 3.23. The molecular formula is C26H31N5O5. The predicted octanol–water partition coefficient (Wildman–Crippen LogP) is 0.415. The zero-order valence-corrected chi connectivity index (χ0v) is 20.5. The highest BCUT2D eigenvalue weighted by Crippen LogP contribution is 2.23. The molecule has 2 aromatic rings. The van der Waals surface area contributed by atoms with Crippen LogP contribution in [0.3, 0.4) is 0 Å². The van der Waals surface area contributed by atoms with Gasteiger partial charge in [-0.3, -0.25) is 24.6 Å². The third-order valence-electron chi connectivity index (χ3n) is 5.85. The topological polar surface area (TPSA) is 158 Å². The van der Waals surface area contributed by atoms with Crippen molar-refractivity contribution in [3.63, 3.8) is 0 Å². The highest BCUT2D eigenvalue weighted by atomic mass is 16.6. The molecule has 3 atom stereocenters. The van der Waals surface area contributed by atoms with Crippen LogP contribution < -0.4 is 16.4 Å². The summed E-state index contributed by atoms with van der Waals surface area (Å²) >= 11 is 0. The first kappa shape index (κ1) is 26.6. The molecule has 0 unspecified atom stereocenters. The lowest BCUT2D eigenvalue weighted by molar-refractivity contribution is -0.134. The van der Waals surface area contributed by atoms with Crippen molar-refractivity contribution in [1.29, 1.82) is 5.41 Å². The van der Waals surface area contributed by atoms with Gasteiger partial charge in [-0.15, -0.1) is 0 Å². The van der Waals surface area contributed by atoms with Crippen LogP contribution in [0.5, 0.6) is 0 Å². The second-order valence-corrected chi connectivity index (χ2v) is 8.84.